The third-order valence-electron chi connectivity index (χ3n) is 9.99. The first-order valence-corrected chi connectivity index (χ1v) is 14.4. The molecule has 1 saturated carbocycles. The molecule has 1 spiro atoms. The predicted octanol–water partition coefficient (Wildman–Crippen LogP) is 2.41. The molecule has 4 heterocycles. The van der Waals surface area contributed by atoms with Crippen molar-refractivity contribution in [2.45, 2.75) is 36.8 Å². The average molecular weight is 567 g/mol. The number of hydrogen-bond acceptors (Lipinski definition) is 6. The van der Waals surface area contributed by atoms with Gasteiger partial charge in [0.05, 0.1) is 11.1 Å². The second kappa shape index (κ2) is 9.20. The van der Waals surface area contributed by atoms with Gasteiger partial charge in [-0.05, 0) is 24.0 Å². The summed E-state index contributed by atoms with van der Waals surface area (Å²) in [5, 5.41) is 7.45. The summed E-state index contributed by atoms with van der Waals surface area (Å²) < 4.78 is 5.39. The van der Waals surface area contributed by atoms with E-state index in [-0.39, 0.29) is 34.8 Å². The predicted molar refractivity (Wildman–Crippen MR) is 161 cm³/mol. The van der Waals surface area contributed by atoms with Crippen LogP contribution in [-0.4, -0.2) is 23.9 Å². The van der Waals surface area contributed by atoms with Crippen molar-refractivity contribution in [3.8, 4) is 0 Å². The van der Waals surface area contributed by atoms with E-state index in [1.54, 1.807) is 14.1 Å². The van der Waals surface area contributed by atoms with E-state index in [0.29, 0.717) is 22.8 Å². The molecule has 2 aliphatic heterocycles. The molecule has 1 unspecified atom stereocenters. The fraction of sp³-hybridized carbons (Fsp3) is 0.375. The van der Waals surface area contributed by atoms with Crippen LogP contribution in [-0.2, 0) is 28.2 Å². The molecule has 7 rings (SSSR count). The fourth-order valence-corrected chi connectivity index (χ4v) is 8.07. The average Bonchev–Trinajstić information content (AvgIpc) is 3.02. The number of nitrogens with zero attached hydrogens (tertiary/aromatic N) is 4. The quantitative estimate of drug-likeness (QED) is 0.386. The molecule has 4 aromatic rings. The summed E-state index contributed by atoms with van der Waals surface area (Å²) >= 11 is 0. The van der Waals surface area contributed by atoms with E-state index in [2.05, 4.69) is 10.6 Å². The monoisotopic (exact) mass is 566 g/mol. The van der Waals surface area contributed by atoms with Gasteiger partial charge in [0.15, 0.2) is 0 Å². The second-order valence-corrected chi connectivity index (χ2v) is 12.0. The van der Waals surface area contributed by atoms with Crippen molar-refractivity contribution in [2.24, 2.45) is 40.0 Å². The lowest BCUT2D eigenvalue weighted by molar-refractivity contribution is 0.111. The molecule has 2 N–H and O–H groups in total. The highest BCUT2D eigenvalue weighted by atomic mass is 16.2. The molecule has 5 atom stereocenters. The van der Waals surface area contributed by atoms with Gasteiger partial charge in [0, 0.05) is 51.9 Å². The Kier molecular flexibility index (Phi) is 5.77. The van der Waals surface area contributed by atoms with Crippen molar-refractivity contribution in [3.63, 3.8) is 0 Å². The smallest absolute Gasteiger partial charge is 0.332 e. The maximum absolute atomic E-state index is 13.9. The first kappa shape index (κ1) is 26.3. The molecule has 10 heteroatoms. The Bertz CT molecular complexity index is 1830. The second-order valence-electron chi connectivity index (χ2n) is 12.0. The molecule has 10 nitrogen and oxygen atoms in total. The van der Waals surface area contributed by atoms with Crippen LogP contribution in [0.1, 0.15) is 53.4 Å². The largest absolute Gasteiger partial charge is 0.348 e. The van der Waals surface area contributed by atoms with E-state index in [9.17, 15) is 19.2 Å². The van der Waals surface area contributed by atoms with Crippen LogP contribution in [0.5, 0.6) is 0 Å². The van der Waals surface area contributed by atoms with E-state index < -0.39 is 17.0 Å². The van der Waals surface area contributed by atoms with Crippen LogP contribution in [0.2, 0.25) is 0 Å². The molecule has 0 saturated heterocycles. The Morgan fingerprint density at radius 3 is 1.36 bits per heavy atom. The number of aromatic nitrogens is 4. The number of rotatable bonds is 2. The lowest BCUT2D eigenvalue weighted by Gasteiger charge is -2.60. The van der Waals surface area contributed by atoms with Crippen LogP contribution in [0.4, 0.5) is 11.6 Å². The zero-order valence-electron chi connectivity index (χ0n) is 24.1. The molecule has 0 amide bonds. The minimum Gasteiger partial charge on any atom is -0.348 e. The van der Waals surface area contributed by atoms with Gasteiger partial charge in [0.25, 0.3) is 11.1 Å². The first-order valence-electron chi connectivity index (χ1n) is 14.4. The lowest BCUT2D eigenvalue weighted by atomic mass is 9.56. The van der Waals surface area contributed by atoms with E-state index in [1.165, 1.54) is 32.4 Å². The van der Waals surface area contributed by atoms with Crippen LogP contribution < -0.4 is 33.1 Å². The highest BCUT2D eigenvalue weighted by Gasteiger charge is 2.61. The lowest BCUT2D eigenvalue weighted by Crippen LogP contribution is -2.68. The Morgan fingerprint density at radius 2 is 0.976 bits per heavy atom. The summed E-state index contributed by atoms with van der Waals surface area (Å²) in [7, 11) is 6.41. The Balaban J connectivity index is 1.59. The number of hydrogen-bond donors (Lipinski definition) is 2. The molecule has 216 valence electrons. The van der Waals surface area contributed by atoms with E-state index in [1.807, 2.05) is 60.7 Å². The molecule has 1 aliphatic carbocycles. The molecule has 0 radical (unpaired) electrons. The number of fused-ring (bicyclic) bond motifs is 2. The molecule has 1 fully saturated rings. The zero-order valence-corrected chi connectivity index (χ0v) is 24.1. The molecule has 2 aromatic carbocycles. The topological polar surface area (TPSA) is 112 Å². The van der Waals surface area contributed by atoms with E-state index >= 15 is 0 Å². The van der Waals surface area contributed by atoms with Crippen LogP contribution in [0, 0.1) is 11.8 Å². The van der Waals surface area contributed by atoms with Crippen molar-refractivity contribution in [1.29, 1.82) is 0 Å². The summed E-state index contributed by atoms with van der Waals surface area (Å²) in [6, 6.07) is 20.0. The van der Waals surface area contributed by atoms with Crippen LogP contribution in [0.3, 0.4) is 0 Å². The summed E-state index contributed by atoms with van der Waals surface area (Å²) in [6.07, 6.45) is 2.50. The molecular weight excluding hydrogens is 532 g/mol. The highest BCUT2D eigenvalue weighted by Crippen LogP contribution is 2.59. The summed E-state index contributed by atoms with van der Waals surface area (Å²) in [5.74, 6) is 0.0211. The van der Waals surface area contributed by atoms with Gasteiger partial charge in [-0.3, -0.25) is 27.9 Å². The Morgan fingerprint density at radius 1 is 0.595 bits per heavy atom. The summed E-state index contributed by atoms with van der Waals surface area (Å²) in [4.78, 5) is 54.3. The van der Waals surface area contributed by atoms with Crippen molar-refractivity contribution in [2.75, 3.05) is 10.6 Å². The standard InChI is InChI=1S/C32H34N6O4/c1-35-26-24(28(39)37(3)30(35)41)22(18-12-7-5-8-13-18)20-16-11-17-21-23(19-14-9-6-10-15-19)25-27(34-32(20,21)33-26)36(2)31(42)38(4)29(25)40/h5-10,12-15,20-23,33-34H,11,16-17H2,1-4H3/t20-,21-,22-,23+,32?/m1/s1. The normalized spacial score (nSPS) is 25.7. The molecule has 2 aromatic heterocycles. The van der Waals surface area contributed by atoms with Crippen LogP contribution in [0.15, 0.2) is 79.8 Å². The first-order chi connectivity index (χ1) is 20.2. The van der Waals surface area contributed by atoms with Crippen molar-refractivity contribution < 1.29 is 0 Å². The van der Waals surface area contributed by atoms with E-state index in [0.717, 1.165) is 30.4 Å². The third-order valence-corrected chi connectivity index (χ3v) is 9.99. The molecule has 42 heavy (non-hydrogen) atoms. The number of anilines is 2. The van der Waals surface area contributed by atoms with Crippen molar-refractivity contribution in [3.05, 3.63) is 125 Å². The zero-order chi connectivity index (χ0) is 29.5. The van der Waals surface area contributed by atoms with E-state index in [4.69, 9.17) is 0 Å². The van der Waals surface area contributed by atoms with Gasteiger partial charge >= 0.3 is 11.4 Å². The van der Waals surface area contributed by atoms with Gasteiger partial charge in [-0.1, -0.05) is 67.1 Å². The van der Waals surface area contributed by atoms with Gasteiger partial charge in [-0.25, -0.2) is 9.59 Å². The number of nitrogens with one attached hydrogen (secondary N) is 2. The summed E-state index contributed by atoms with van der Waals surface area (Å²) in [6.45, 7) is 0. The van der Waals surface area contributed by atoms with Gasteiger partial charge in [0.2, 0.25) is 0 Å². The molecule has 3 aliphatic rings. The van der Waals surface area contributed by atoms with Crippen molar-refractivity contribution in [1.82, 2.24) is 18.3 Å². The van der Waals surface area contributed by atoms with Crippen LogP contribution in [0.25, 0.3) is 0 Å². The summed E-state index contributed by atoms with van der Waals surface area (Å²) in [5.41, 5.74) is 0.756. The van der Waals surface area contributed by atoms with Gasteiger partial charge < -0.3 is 10.6 Å². The van der Waals surface area contributed by atoms with Gasteiger partial charge in [0.1, 0.15) is 17.3 Å². The third kappa shape index (κ3) is 3.38. The van der Waals surface area contributed by atoms with Crippen molar-refractivity contribution >= 4 is 11.6 Å². The molecule has 0 bridgehead atoms. The van der Waals surface area contributed by atoms with Gasteiger partial charge in [-0.2, -0.15) is 0 Å². The maximum Gasteiger partial charge on any atom is 0.332 e. The van der Waals surface area contributed by atoms with Crippen LogP contribution >= 0.6 is 0 Å². The Labute approximate surface area is 241 Å². The number of benzene rings is 2. The highest BCUT2D eigenvalue weighted by molar-refractivity contribution is 5.64. The molecular formula is C32H34N6O4. The maximum atomic E-state index is 13.9. The minimum atomic E-state index is -0.869. The van der Waals surface area contributed by atoms with Gasteiger partial charge in [-0.15, -0.1) is 0 Å². The SMILES string of the molecule is Cn1c2c(c(=O)n(C)c1=O)[C@@H](c1ccccc1)[C@H]1CCC[C@@H]3[C@@H](c4ccccc4)c4c(n(C)c(=O)n(C)c4=O)NC13N2. The minimum absolute atomic E-state index is 0.130. The Hall–Kier alpha value is -4.60. The fourth-order valence-electron chi connectivity index (χ4n) is 8.07.